The van der Waals surface area contributed by atoms with Crippen molar-refractivity contribution in [2.24, 2.45) is 5.92 Å². The van der Waals surface area contributed by atoms with Gasteiger partial charge in [-0.15, -0.1) is 0 Å². The second-order valence-corrected chi connectivity index (χ2v) is 6.18. The summed E-state index contributed by atoms with van der Waals surface area (Å²) in [5.74, 6) is 0.888. The van der Waals surface area contributed by atoms with Crippen LogP contribution in [-0.2, 0) is 4.74 Å². The Labute approximate surface area is 116 Å². The molecule has 0 bridgehead atoms. The van der Waals surface area contributed by atoms with E-state index in [2.05, 4.69) is 15.9 Å². The van der Waals surface area contributed by atoms with E-state index in [0.29, 0.717) is 0 Å². The fraction of sp³-hybridized carbons (Fsp3) is 1.00. The van der Waals surface area contributed by atoms with Gasteiger partial charge in [0.2, 0.25) is 0 Å². The first-order valence-electron chi connectivity index (χ1n) is 7.57. The minimum absolute atomic E-state index is 0.888. The highest BCUT2D eigenvalue weighted by atomic mass is 79.9. The topological polar surface area (TPSA) is 9.23 Å². The molecular formula is C15H29BrO. The lowest BCUT2D eigenvalue weighted by atomic mass is 10.1. The van der Waals surface area contributed by atoms with E-state index in [1.807, 2.05) is 0 Å². The van der Waals surface area contributed by atoms with Crippen LogP contribution in [0.15, 0.2) is 0 Å². The van der Waals surface area contributed by atoms with Crippen molar-refractivity contribution in [2.75, 3.05) is 18.5 Å². The Morgan fingerprint density at radius 2 is 1.41 bits per heavy atom. The maximum absolute atomic E-state index is 5.76. The molecule has 0 unspecified atom stereocenters. The van der Waals surface area contributed by atoms with Gasteiger partial charge in [0.05, 0.1) is 0 Å². The van der Waals surface area contributed by atoms with E-state index in [-0.39, 0.29) is 0 Å². The van der Waals surface area contributed by atoms with Gasteiger partial charge in [-0.05, 0) is 31.6 Å². The summed E-state index contributed by atoms with van der Waals surface area (Å²) in [5, 5.41) is 1.17. The van der Waals surface area contributed by atoms with E-state index in [0.717, 1.165) is 19.1 Å². The maximum Gasteiger partial charge on any atom is 0.0494 e. The van der Waals surface area contributed by atoms with Crippen LogP contribution in [0, 0.1) is 5.92 Å². The highest BCUT2D eigenvalue weighted by molar-refractivity contribution is 9.09. The van der Waals surface area contributed by atoms with Crippen molar-refractivity contribution < 1.29 is 4.74 Å². The number of unbranched alkanes of at least 4 members (excludes halogenated alkanes) is 6. The van der Waals surface area contributed by atoms with Crippen molar-refractivity contribution in [3.8, 4) is 0 Å². The van der Waals surface area contributed by atoms with Crippen LogP contribution in [-0.4, -0.2) is 18.5 Å². The normalized spacial score (nSPS) is 16.8. The molecule has 0 aliphatic heterocycles. The molecule has 1 aliphatic rings. The molecule has 0 N–H and O–H groups in total. The number of alkyl halides is 1. The maximum atomic E-state index is 5.76. The standard InChI is InChI=1S/C15H29BrO/c16-12-8-4-2-1-3-5-9-13-17-14-15-10-6-7-11-15/h15H,1-14H2. The highest BCUT2D eigenvalue weighted by Gasteiger charge is 2.14. The van der Waals surface area contributed by atoms with Gasteiger partial charge in [0.1, 0.15) is 0 Å². The SMILES string of the molecule is BrCCCCCCCCCOCC1CCCC1. The van der Waals surface area contributed by atoms with Gasteiger partial charge in [-0.1, -0.05) is 60.9 Å². The smallest absolute Gasteiger partial charge is 0.0494 e. The zero-order chi connectivity index (χ0) is 12.2. The summed E-state index contributed by atoms with van der Waals surface area (Å²) < 4.78 is 5.76. The molecule has 0 atom stereocenters. The molecule has 102 valence electrons. The largest absolute Gasteiger partial charge is 0.381 e. The van der Waals surface area contributed by atoms with Crippen LogP contribution >= 0.6 is 15.9 Å². The van der Waals surface area contributed by atoms with E-state index in [1.165, 1.54) is 76.0 Å². The third-order valence-corrected chi connectivity index (χ3v) is 4.31. The number of hydrogen-bond donors (Lipinski definition) is 0. The second kappa shape index (κ2) is 11.5. The summed E-state index contributed by atoms with van der Waals surface area (Å²) >= 11 is 3.47. The first kappa shape index (κ1) is 15.5. The van der Waals surface area contributed by atoms with Crippen LogP contribution in [0.3, 0.4) is 0 Å². The van der Waals surface area contributed by atoms with Crippen LogP contribution < -0.4 is 0 Å². The van der Waals surface area contributed by atoms with Crippen LogP contribution in [0.5, 0.6) is 0 Å². The van der Waals surface area contributed by atoms with Gasteiger partial charge in [0.25, 0.3) is 0 Å². The van der Waals surface area contributed by atoms with Gasteiger partial charge in [-0.25, -0.2) is 0 Å². The fourth-order valence-electron chi connectivity index (χ4n) is 2.61. The lowest BCUT2D eigenvalue weighted by molar-refractivity contribution is 0.0978. The second-order valence-electron chi connectivity index (χ2n) is 5.39. The zero-order valence-corrected chi connectivity index (χ0v) is 12.8. The van der Waals surface area contributed by atoms with Crippen molar-refractivity contribution >= 4 is 15.9 Å². The molecule has 0 amide bonds. The quantitative estimate of drug-likeness (QED) is 0.371. The lowest BCUT2D eigenvalue weighted by Crippen LogP contribution is -2.06. The average Bonchev–Trinajstić information content (AvgIpc) is 2.85. The van der Waals surface area contributed by atoms with Gasteiger partial charge < -0.3 is 4.74 Å². The number of halogens is 1. The summed E-state index contributed by atoms with van der Waals surface area (Å²) in [4.78, 5) is 0. The van der Waals surface area contributed by atoms with Crippen molar-refractivity contribution in [3.63, 3.8) is 0 Å². The van der Waals surface area contributed by atoms with Crippen molar-refractivity contribution in [1.82, 2.24) is 0 Å². The molecule has 0 heterocycles. The molecule has 0 aromatic carbocycles. The highest BCUT2D eigenvalue weighted by Crippen LogP contribution is 2.24. The Hall–Kier alpha value is 0.440. The molecule has 1 aliphatic carbocycles. The summed E-state index contributed by atoms with van der Waals surface area (Å²) in [6.07, 6.45) is 15.3. The first-order valence-corrected chi connectivity index (χ1v) is 8.69. The third kappa shape index (κ3) is 9.07. The molecule has 0 radical (unpaired) electrons. The summed E-state index contributed by atoms with van der Waals surface area (Å²) in [7, 11) is 0. The lowest BCUT2D eigenvalue weighted by Gasteiger charge is -2.09. The molecule has 2 heteroatoms. The predicted octanol–water partition coefficient (Wildman–Crippen LogP) is 5.32. The van der Waals surface area contributed by atoms with Crippen LogP contribution in [0.2, 0.25) is 0 Å². The summed E-state index contributed by atoms with van der Waals surface area (Å²) in [6.45, 7) is 2.03. The molecule has 1 fully saturated rings. The molecule has 0 saturated heterocycles. The Bertz CT molecular complexity index is 155. The van der Waals surface area contributed by atoms with E-state index in [9.17, 15) is 0 Å². The van der Waals surface area contributed by atoms with Crippen LogP contribution in [0.4, 0.5) is 0 Å². The van der Waals surface area contributed by atoms with Crippen LogP contribution in [0.25, 0.3) is 0 Å². The van der Waals surface area contributed by atoms with Crippen molar-refractivity contribution in [1.29, 1.82) is 0 Å². The van der Waals surface area contributed by atoms with E-state index in [4.69, 9.17) is 4.74 Å². The number of ether oxygens (including phenoxy) is 1. The molecule has 0 aromatic rings. The fourth-order valence-corrected chi connectivity index (χ4v) is 3.01. The number of rotatable bonds is 11. The van der Waals surface area contributed by atoms with Gasteiger partial charge in [-0.2, -0.15) is 0 Å². The summed E-state index contributed by atoms with van der Waals surface area (Å²) in [5.41, 5.74) is 0. The predicted molar refractivity (Wildman–Crippen MR) is 78.9 cm³/mol. The molecule has 1 rings (SSSR count). The third-order valence-electron chi connectivity index (χ3n) is 3.75. The summed E-state index contributed by atoms with van der Waals surface area (Å²) in [6, 6.07) is 0. The average molecular weight is 305 g/mol. The van der Waals surface area contributed by atoms with Crippen molar-refractivity contribution in [3.05, 3.63) is 0 Å². The molecule has 0 spiro atoms. The van der Waals surface area contributed by atoms with Gasteiger partial charge in [0.15, 0.2) is 0 Å². The molecule has 1 nitrogen and oxygen atoms in total. The van der Waals surface area contributed by atoms with E-state index < -0.39 is 0 Å². The van der Waals surface area contributed by atoms with E-state index >= 15 is 0 Å². The first-order chi connectivity index (χ1) is 8.43. The number of hydrogen-bond acceptors (Lipinski definition) is 1. The molecule has 1 saturated carbocycles. The van der Waals surface area contributed by atoms with E-state index in [1.54, 1.807) is 0 Å². The Morgan fingerprint density at radius 3 is 2.06 bits per heavy atom. The zero-order valence-electron chi connectivity index (χ0n) is 11.3. The molecular weight excluding hydrogens is 276 g/mol. The van der Waals surface area contributed by atoms with Crippen LogP contribution in [0.1, 0.15) is 70.6 Å². The molecule has 17 heavy (non-hydrogen) atoms. The molecule has 0 aromatic heterocycles. The monoisotopic (exact) mass is 304 g/mol. The minimum Gasteiger partial charge on any atom is -0.381 e. The Kier molecular flexibility index (Phi) is 10.5. The minimum atomic E-state index is 0.888. The Morgan fingerprint density at radius 1 is 0.824 bits per heavy atom. The Balaban J connectivity index is 1.69. The van der Waals surface area contributed by atoms with Gasteiger partial charge in [-0.3, -0.25) is 0 Å². The van der Waals surface area contributed by atoms with Gasteiger partial charge >= 0.3 is 0 Å². The van der Waals surface area contributed by atoms with Gasteiger partial charge in [0, 0.05) is 18.5 Å². The van der Waals surface area contributed by atoms with Crippen molar-refractivity contribution in [2.45, 2.75) is 70.6 Å².